The molecular weight excluding hydrogens is 352 g/mol. The van der Waals surface area contributed by atoms with Crippen molar-refractivity contribution in [3.05, 3.63) is 72.1 Å². The highest BCUT2D eigenvalue weighted by Gasteiger charge is 2.26. The number of anilines is 2. The first-order valence-electron chi connectivity index (χ1n) is 9.42. The number of nitrogens with zero attached hydrogens (tertiary/aromatic N) is 5. The first kappa shape index (κ1) is 18.0. The number of likely N-dealkylation sites (tertiary alicyclic amines) is 1. The van der Waals surface area contributed by atoms with Gasteiger partial charge in [0.15, 0.2) is 0 Å². The Morgan fingerprint density at radius 2 is 1.93 bits per heavy atom. The first-order valence-corrected chi connectivity index (χ1v) is 9.42. The molecule has 7 nitrogen and oxygen atoms in total. The number of aromatic nitrogens is 4. The van der Waals surface area contributed by atoms with Gasteiger partial charge >= 0.3 is 0 Å². The van der Waals surface area contributed by atoms with Crippen molar-refractivity contribution in [3.8, 4) is 0 Å². The van der Waals surface area contributed by atoms with Crippen molar-refractivity contribution >= 4 is 17.5 Å². The molecule has 1 unspecified atom stereocenters. The standard InChI is InChI=1S/C21H22N6O/c1-15-22-11-8-18(25-15)21(28)27-12-4-5-17(14-27)16-7-10-24-20(13-16)26-19-6-2-3-9-23-19/h2-3,6-11,13,17H,4-5,12,14H2,1H3,(H,23,24,26). The number of rotatable bonds is 4. The number of pyridine rings is 2. The second kappa shape index (κ2) is 8.12. The molecule has 0 spiro atoms. The lowest BCUT2D eigenvalue weighted by atomic mass is 9.91. The lowest BCUT2D eigenvalue weighted by Gasteiger charge is -2.33. The molecule has 0 radical (unpaired) electrons. The minimum atomic E-state index is -0.0314. The van der Waals surface area contributed by atoms with Crippen LogP contribution in [0.15, 0.2) is 55.0 Å². The molecule has 4 heterocycles. The SMILES string of the molecule is Cc1nccc(C(=O)N2CCCC(c3ccnc(Nc4ccccn4)c3)C2)n1. The maximum Gasteiger partial charge on any atom is 0.272 e. The Morgan fingerprint density at radius 1 is 1.07 bits per heavy atom. The molecule has 0 aromatic carbocycles. The number of piperidine rings is 1. The van der Waals surface area contributed by atoms with Crippen molar-refractivity contribution in [2.24, 2.45) is 0 Å². The smallest absolute Gasteiger partial charge is 0.272 e. The molecule has 7 heteroatoms. The van der Waals surface area contributed by atoms with E-state index < -0.39 is 0 Å². The fraction of sp³-hybridized carbons (Fsp3) is 0.286. The maximum atomic E-state index is 12.8. The molecule has 4 rings (SSSR count). The average molecular weight is 374 g/mol. The summed E-state index contributed by atoms with van der Waals surface area (Å²) in [6.45, 7) is 3.22. The zero-order chi connectivity index (χ0) is 19.3. The normalized spacial score (nSPS) is 16.6. The van der Waals surface area contributed by atoms with Crippen molar-refractivity contribution in [1.29, 1.82) is 0 Å². The number of aryl methyl sites for hydroxylation is 1. The molecule has 1 atom stereocenters. The molecule has 142 valence electrons. The Labute approximate surface area is 163 Å². The predicted octanol–water partition coefficient (Wildman–Crippen LogP) is 3.34. The molecule has 3 aromatic rings. The van der Waals surface area contributed by atoms with Gasteiger partial charge in [-0.2, -0.15) is 0 Å². The summed E-state index contributed by atoms with van der Waals surface area (Å²) in [7, 11) is 0. The van der Waals surface area contributed by atoms with Crippen LogP contribution < -0.4 is 5.32 Å². The van der Waals surface area contributed by atoms with Gasteiger partial charge in [-0.05, 0) is 55.7 Å². The second-order valence-electron chi connectivity index (χ2n) is 6.89. The van der Waals surface area contributed by atoms with Gasteiger partial charge in [0, 0.05) is 37.6 Å². The molecule has 28 heavy (non-hydrogen) atoms. The second-order valence-corrected chi connectivity index (χ2v) is 6.89. The molecule has 0 saturated carbocycles. The summed E-state index contributed by atoms with van der Waals surface area (Å²) in [5.74, 6) is 2.36. The largest absolute Gasteiger partial charge is 0.337 e. The predicted molar refractivity (Wildman–Crippen MR) is 106 cm³/mol. The van der Waals surface area contributed by atoms with Crippen molar-refractivity contribution in [2.45, 2.75) is 25.7 Å². The molecule has 0 bridgehead atoms. The van der Waals surface area contributed by atoms with Crippen LogP contribution >= 0.6 is 0 Å². The van der Waals surface area contributed by atoms with E-state index in [4.69, 9.17) is 0 Å². The fourth-order valence-electron chi connectivity index (χ4n) is 3.51. The summed E-state index contributed by atoms with van der Waals surface area (Å²) in [4.78, 5) is 31.8. The van der Waals surface area contributed by atoms with Crippen molar-refractivity contribution in [2.75, 3.05) is 18.4 Å². The van der Waals surface area contributed by atoms with Gasteiger partial charge in [0.05, 0.1) is 0 Å². The Hall–Kier alpha value is -3.35. The Kier molecular flexibility index (Phi) is 5.23. The van der Waals surface area contributed by atoms with Gasteiger partial charge in [0.25, 0.3) is 5.91 Å². The van der Waals surface area contributed by atoms with E-state index in [0.29, 0.717) is 18.1 Å². The van der Waals surface area contributed by atoms with Gasteiger partial charge in [-0.25, -0.2) is 19.9 Å². The van der Waals surface area contributed by atoms with Crippen LogP contribution in [0.5, 0.6) is 0 Å². The molecule has 1 amide bonds. The van der Waals surface area contributed by atoms with Crippen LogP contribution in [0.4, 0.5) is 11.6 Å². The topological polar surface area (TPSA) is 83.9 Å². The van der Waals surface area contributed by atoms with E-state index in [1.54, 1.807) is 31.6 Å². The van der Waals surface area contributed by atoms with Crippen LogP contribution in [0.25, 0.3) is 0 Å². The fourth-order valence-corrected chi connectivity index (χ4v) is 3.51. The van der Waals surface area contributed by atoms with E-state index in [9.17, 15) is 4.79 Å². The van der Waals surface area contributed by atoms with Crippen LogP contribution in [0.1, 0.15) is 40.6 Å². The van der Waals surface area contributed by atoms with E-state index in [1.165, 1.54) is 5.56 Å². The quantitative estimate of drug-likeness (QED) is 0.754. The van der Waals surface area contributed by atoms with E-state index in [2.05, 4.69) is 25.3 Å². The number of carbonyl (C=O) groups excluding carboxylic acids is 1. The zero-order valence-corrected chi connectivity index (χ0v) is 15.7. The van der Waals surface area contributed by atoms with Gasteiger partial charge in [-0.3, -0.25) is 4.79 Å². The third kappa shape index (κ3) is 4.14. The van der Waals surface area contributed by atoms with Crippen LogP contribution in [0, 0.1) is 6.92 Å². The van der Waals surface area contributed by atoms with Gasteiger partial charge in [-0.1, -0.05) is 6.07 Å². The minimum absolute atomic E-state index is 0.0314. The Balaban J connectivity index is 1.48. The number of nitrogens with one attached hydrogen (secondary N) is 1. The van der Waals surface area contributed by atoms with Gasteiger partial charge < -0.3 is 10.2 Å². The summed E-state index contributed by atoms with van der Waals surface area (Å²) >= 11 is 0. The van der Waals surface area contributed by atoms with Crippen LogP contribution in [-0.4, -0.2) is 43.8 Å². The van der Waals surface area contributed by atoms with Gasteiger partial charge in [-0.15, -0.1) is 0 Å². The molecule has 1 fully saturated rings. The third-order valence-electron chi connectivity index (χ3n) is 4.88. The maximum absolute atomic E-state index is 12.8. The summed E-state index contributed by atoms with van der Waals surface area (Å²) in [5, 5.41) is 3.23. The summed E-state index contributed by atoms with van der Waals surface area (Å²) in [6, 6.07) is 11.5. The highest BCUT2D eigenvalue weighted by atomic mass is 16.2. The Morgan fingerprint density at radius 3 is 2.75 bits per heavy atom. The van der Waals surface area contributed by atoms with Gasteiger partial charge in [0.1, 0.15) is 23.2 Å². The lowest BCUT2D eigenvalue weighted by molar-refractivity contribution is 0.0700. The van der Waals surface area contributed by atoms with E-state index in [1.807, 2.05) is 35.2 Å². The van der Waals surface area contributed by atoms with Crippen molar-refractivity contribution < 1.29 is 4.79 Å². The van der Waals surface area contributed by atoms with E-state index in [0.717, 1.165) is 31.0 Å². The highest BCUT2D eigenvalue weighted by Crippen LogP contribution is 2.29. The number of amides is 1. The average Bonchev–Trinajstić information content (AvgIpc) is 2.74. The van der Waals surface area contributed by atoms with Crippen molar-refractivity contribution in [3.63, 3.8) is 0 Å². The monoisotopic (exact) mass is 374 g/mol. The van der Waals surface area contributed by atoms with E-state index in [-0.39, 0.29) is 11.8 Å². The first-order chi connectivity index (χ1) is 13.7. The molecule has 0 aliphatic carbocycles. The molecule has 1 aliphatic rings. The molecule has 1 aliphatic heterocycles. The summed E-state index contributed by atoms with van der Waals surface area (Å²) in [5.41, 5.74) is 1.63. The molecule has 1 saturated heterocycles. The number of hydrogen-bond acceptors (Lipinski definition) is 6. The summed E-state index contributed by atoms with van der Waals surface area (Å²) < 4.78 is 0. The summed E-state index contributed by atoms with van der Waals surface area (Å²) in [6.07, 6.45) is 7.18. The molecule has 1 N–H and O–H groups in total. The molecular formula is C21H22N6O. The number of carbonyl (C=O) groups is 1. The minimum Gasteiger partial charge on any atom is -0.337 e. The lowest BCUT2D eigenvalue weighted by Crippen LogP contribution is -2.39. The van der Waals surface area contributed by atoms with E-state index >= 15 is 0 Å². The number of hydrogen-bond donors (Lipinski definition) is 1. The van der Waals surface area contributed by atoms with Crippen LogP contribution in [-0.2, 0) is 0 Å². The van der Waals surface area contributed by atoms with Crippen LogP contribution in [0.2, 0.25) is 0 Å². The molecule has 3 aromatic heterocycles. The highest BCUT2D eigenvalue weighted by molar-refractivity contribution is 5.92. The Bertz CT molecular complexity index is 962. The van der Waals surface area contributed by atoms with Gasteiger partial charge in [0.2, 0.25) is 0 Å². The van der Waals surface area contributed by atoms with Crippen LogP contribution in [0.3, 0.4) is 0 Å². The zero-order valence-electron chi connectivity index (χ0n) is 15.7. The van der Waals surface area contributed by atoms with Crippen molar-refractivity contribution in [1.82, 2.24) is 24.8 Å². The third-order valence-corrected chi connectivity index (χ3v) is 4.88.